The molecule has 3 heterocycles. The van der Waals surface area contributed by atoms with Crippen molar-refractivity contribution in [2.45, 2.75) is 39.8 Å². The molecule has 0 spiro atoms. The highest BCUT2D eigenvalue weighted by atomic mass is 32.2. The Morgan fingerprint density at radius 2 is 2.07 bits per heavy atom. The fourth-order valence-corrected chi connectivity index (χ4v) is 7.38. The Balaban J connectivity index is 1.51. The predicted molar refractivity (Wildman–Crippen MR) is 110 cm³/mol. The summed E-state index contributed by atoms with van der Waals surface area (Å²) in [6.07, 6.45) is 2.23. The number of thiazole rings is 1. The second-order valence-corrected chi connectivity index (χ2v) is 11.7. The van der Waals surface area contributed by atoms with Gasteiger partial charge in [0.1, 0.15) is 10.3 Å². The first-order chi connectivity index (χ1) is 14.1. The van der Waals surface area contributed by atoms with Crippen molar-refractivity contribution in [3.05, 3.63) is 40.6 Å². The van der Waals surface area contributed by atoms with E-state index < -0.39 is 26.7 Å². The zero-order valence-electron chi connectivity index (χ0n) is 15.6. The fraction of sp³-hybridized carbons (Fsp3) is 0.353. The van der Waals surface area contributed by atoms with Crippen LogP contribution in [0.5, 0.6) is 0 Å². The lowest BCUT2D eigenvalue weighted by molar-refractivity contribution is -0.384. The molecule has 2 aliphatic rings. The molecule has 2 atom stereocenters. The first kappa shape index (κ1) is 20.8. The van der Waals surface area contributed by atoms with Crippen molar-refractivity contribution in [3.63, 3.8) is 0 Å². The van der Waals surface area contributed by atoms with Gasteiger partial charge < -0.3 is 10.2 Å². The number of amides is 2. The van der Waals surface area contributed by atoms with E-state index in [4.69, 9.17) is 0 Å². The molecule has 1 aromatic carbocycles. The van der Waals surface area contributed by atoms with Crippen molar-refractivity contribution in [3.8, 4) is 0 Å². The van der Waals surface area contributed by atoms with Crippen LogP contribution >= 0.6 is 23.1 Å². The molecule has 13 heteroatoms. The van der Waals surface area contributed by atoms with Crippen molar-refractivity contribution in [2.24, 2.45) is 0 Å². The van der Waals surface area contributed by atoms with Gasteiger partial charge in [0.05, 0.1) is 20.9 Å². The van der Waals surface area contributed by atoms with Crippen LogP contribution in [0.15, 0.2) is 39.6 Å². The number of hydrogen-bond acceptors (Lipinski definition) is 9. The summed E-state index contributed by atoms with van der Waals surface area (Å²) in [6.45, 7) is 1.94. The summed E-state index contributed by atoms with van der Waals surface area (Å²) in [5, 5.41) is 13.5. The topological polar surface area (TPSA) is 140 Å². The van der Waals surface area contributed by atoms with Crippen LogP contribution in [0, 0.1) is 10.1 Å². The molecule has 2 aromatic rings. The highest BCUT2D eigenvalue weighted by Crippen LogP contribution is 2.47. The molecular weight excluding hydrogens is 452 g/mol. The Morgan fingerprint density at radius 3 is 2.73 bits per heavy atom. The maximum atomic E-state index is 12.7. The molecule has 10 nitrogen and oxygen atoms in total. The molecule has 2 fully saturated rings. The molecule has 30 heavy (non-hydrogen) atoms. The lowest BCUT2D eigenvalue weighted by atomic mass is 10.2. The summed E-state index contributed by atoms with van der Waals surface area (Å²) in [7, 11) is -3.93. The number of sulfone groups is 1. The van der Waals surface area contributed by atoms with E-state index in [1.807, 2.05) is 6.92 Å². The van der Waals surface area contributed by atoms with Gasteiger partial charge in [-0.25, -0.2) is 13.4 Å². The Bertz CT molecular complexity index is 1150. The van der Waals surface area contributed by atoms with Gasteiger partial charge in [0.2, 0.25) is 21.7 Å². The van der Waals surface area contributed by atoms with Gasteiger partial charge in [0, 0.05) is 24.3 Å². The quantitative estimate of drug-likeness (QED) is 0.521. The second kappa shape index (κ2) is 7.32. The number of nitro benzene ring substituents is 1. The van der Waals surface area contributed by atoms with Crippen molar-refractivity contribution in [2.75, 3.05) is 11.1 Å². The number of benzene rings is 1. The van der Waals surface area contributed by atoms with E-state index in [1.165, 1.54) is 0 Å². The molecule has 2 saturated heterocycles. The van der Waals surface area contributed by atoms with Gasteiger partial charge in [-0.15, -0.1) is 11.8 Å². The van der Waals surface area contributed by atoms with Crippen molar-refractivity contribution >= 4 is 55.6 Å². The first-order valence-corrected chi connectivity index (χ1v) is 12.1. The Morgan fingerprint density at radius 1 is 1.37 bits per heavy atom. The smallest absolute Gasteiger partial charge is 0.269 e. The lowest BCUT2D eigenvalue weighted by Gasteiger charge is -2.29. The molecule has 4 rings (SSSR count). The SMILES string of the molecule is CC12CCC(=O)N1C(C(=O)Nc1ncc(S(=O)(=O)c3ccc([N+](=O)[O-])cc3)s1)CS2. The number of nitrogens with one attached hydrogen (secondary N) is 1. The minimum atomic E-state index is -3.93. The van der Waals surface area contributed by atoms with Gasteiger partial charge >= 0.3 is 0 Å². The van der Waals surface area contributed by atoms with Crippen LogP contribution in [0.3, 0.4) is 0 Å². The highest BCUT2D eigenvalue weighted by molar-refractivity contribution is 8.01. The lowest BCUT2D eigenvalue weighted by Crippen LogP contribution is -2.48. The van der Waals surface area contributed by atoms with E-state index >= 15 is 0 Å². The minimum absolute atomic E-state index is 0.0665. The van der Waals surface area contributed by atoms with Gasteiger partial charge in [-0.2, -0.15) is 0 Å². The molecule has 1 aromatic heterocycles. The van der Waals surface area contributed by atoms with Crippen LogP contribution in [0.25, 0.3) is 0 Å². The second-order valence-electron chi connectivity index (χ2n) is 6.99. The molecule has 2 amide bonds. The predicted octanol–water partition coefficient (Wildman–Crippen LogP) is 2.28. The fourth-order valence-electron chi connectivity index (χ4n) is 3.51. The molecule has 2 unspecified atom stereocenters. The molecular formula is C17H16N4O6S3. The average Bonchev–Trinajstić information content (AvgIpc) is 3.38. The Kier molecular flexibility index (Phi) is 5.06. The van der Waals surface area contributed by atoms with E-state index in [-0.39, 0.29) is 30.7 Å². The van der Waals surface area contributed by atoms with Crippen molar-refractivity contribution < 1.29 is 22.9 Å². The largest absolute Gasteiger partial charge is 0.315 e. The standard InChI is InChI=1S/C17H16N4O6S3/c1-17-7-6-13(22)20(17)12(9-28-17)15(23)19-16-18-8-14(29-16)30(26,27)11-4-2-10(3-5-11)21(24)25/h2-5,8,12H,6-7,9H2,1H3,(H,18,19,23). The molecule has 0 radical (unpaired) electrons. The summed E-state index contributed by atoms with van der Waals surface area (Å²) >= 11 is 2.34. The van der Waals surface area contributed by atoms with E-state index in [0.29, 0.717) is 18.6 Å². The number of nitro groups is 1. The summed E-state index contributed by atoms with van der Waals surface area (Å²) in [6, 6.07) is 3.90. The number of carbonyl (C=O) groups excluding carboxylic acids is 2. The van der Waals surface area contributed by atoms with Gasteiger partial charge in [-0.05, 0) is 25.5 Å². The Labute approximate surface area is 179 Å². The van der Waals surface area contributed by atoms with Crippen LogP contribution in [0.1, 0.15) is 19.8 Å². The van der Waals surface area contributed by atoms with E-state index in [9.17, 15) is 28.1 Å². The first-order valence-electron chi connectivity index (χ1n) is 8.84. The third-order valence-corrected chi connectivity index (χ3v) is 9.73. The van der Waals surface area contributed by atoms with Gasteiger partial charge in [-0.1, -0.05) is 11.3 Å². The molecule has 1 N–H and O–H groups in total. The van der Waals surface area contributed by atoms with Crippen LogP contribution in [0.2, 0.25) is 0 Å². The monoisotopic (exact) mass is 468 g/mol. The van der Waals surface area contributed by atoms with Crippen LogP contribution in [0.4, 0.5) is 10.8 Å². The molecule has 0 bridgehead atoms. The number of rotatable bonds is 5. The molecule has 158 valence electrons. The highest BCUT2D eigenvalue weighted by Gasteiger charge is 2.53. The zero-order chi connectivity index (χ0) is 21.7. The number of fused-ring (bicyclic) bond motifs is 1. The maximum absolute atomic E-state index is 12.7. The summed E-state index contributed by atoms with van der Waals surface area (Å²) in [5.41, 5.74) is -0.218. The van der Waals surface area contributed by atoms with Gasteiger partial charge in [-0.3, -0.25) is 19.7 Å². The number of hydrogen-bond donors (Lipinski definition) is 1. The Hall–Kier alpha value is -2.51. The van der Waals surface area contributed by atoms with Crippen molar-refractivity contribution in [1.82, 2.24) is 9.88 Å². The van der Waals surface area contributed by atoms with Crippen LogP contribution in [-0.2, 0) is 19.4 Å². The summed E-state index contributed by atoms with van der Waals surface area (Å²) < 4.78 is 25.4. The van der Waals surface area contributed by atoms with E-state index in [0.717, 1.165) is 41.8 Å². The number of non-ortho nitro benzene ring substituents is 1. The number of aromatic nitrogens is 1. The normalized spacial score (nSPS) is 23.4. The van der Waals surface area contributed by atoms with E-state index in [2.05, 4.69) is 10.3 Å². The number of thioether (sulfide) groups is 1. The zero-order valence-corrected chi connectivity index (χ0v) is 18.1. The van der Waals surface area contributed by atoms with Crippen molar-refractivity contribution in [1.29, 1.82) is 0 Å². The summed E-state index contributed by atoms with van der Waals surface area (Å²) in [4.78, 5) is 40.1. The average molecular weight is 469 g/mol. The van der Waals surface area contributed by atoms with Gasteiger partial charge in [0.15, 0.2) is 5.13 Å². The molecule has 2 aliphatic heterocycles. The van der Waals surface area contributed by atoms with Crippen LogP contribution in [-0.4, -0.2) is 51.7 Å². The maximum Gasteiger partial charge on any atom is 0.269 e. The number of anilines is 1. The third kappa shape index (κ3) is 3.46. The molecule has 0 aliphatic carbocycles. The third-order valence-electron chi connectivity index (χ3n) is 5.08. The van der Waals surface area contributed by atoms with Crippen LogP contribution < -0.4 is 5.32 Å². The molecule has 0 saturated carbocycles. The van der Waals surface area contributed by atoms with E-state index in [1.54, 1.807) is 16.7 Å². The number of nitrogens with zero attached hydrogens (tertiary/aromatic N) is 3. The summed E-state index contributed by atoms with van der Waals surface area (Å²) in [5.74, 6) is -0.00809. The van der Waals surface area contributed by atoms with Gasteiger partial charge in [0.25, 0.3) is 5.69 Å². The number of carbonyl (C=O) groups is 2. The minimum Gasteiger partial charge on any atom is -0.315 e.